The maximum Gasteiger partial charge on any atom is 0.315 e. The van der Waals surface area contributed by atoms with Crippen LogP contribution in [-0.2, 0) is 19.1 Å². The van der Waals surface area contributed by atoms with Crippen molar-refractivity contribution in [1.29, 1.82) is 0 Å². The number of hydrogen-bond acceptors (Lipinski definition) is 12. The maximum absolute atomic E-state index is 13.4. The summed E-state index contributed by atoms with van der Waals surface area (Å²) in [5.41, 5.74) is 2.22. The molecule has 0 heterocycles. The third kappa shape index (κ3) is 16.4. The van der Waals surface area contributed by atoms with E-state index in [4.69, 9.17) is 23.7 Å². The molecule has 348 valence electrons. The van der Waals surface area contributed by atoms with Crippen LogP contribution in [-0.4, -0.2) is 63.7 Å². The van der Waals surface area contributed by atoms with Crippen LogP contribution in [0.5, 0.6) is 17.2 Å². The lowest BCUT2D eigenvalue weighted by atomic mass is 10.0. The number of likely N-dealkylation sites (N-methyl/N-ethyl adjacent to an activating group) is 1. The molecule has 4 rings (SSSR count). The van der Waals surface area contributed by atoms with E-state index in [1.54, 1.807) is 12.1 Å². The summed E-state index contributed by atoms with van der Waals surface area (Å²) in [7, 11) is 2.90. The molecule has 2 N–H and O–H groups in total. The third-order valence-corrected chi connectivity index (χ3v) is 10.7. The van der Waals surface area contributed by atoms with Gasteiger partial charge in [-0.1, -0.05) is 108 Å². The van der Waals surface area contributed by atoms with Gasteiger partial charge in [0.2, 0.25) is 11.8 Å². The summed E-state index contributed by atoms with van der Waals surface area (Å²) in [6, 6.07) is 18.9. The van der Waals surface area contributed by atoms with Gasteiger partial charge in [-0.3, -0.25) is 19.7 Å². The van der Waals surface area contributed by atoms with E-state index in [0.717, 1.165) is 35.7 Å². The van der Waals surface area contributed by atoms with Crippen LogP contribution >= 0.6 is 0 Å². The van der Waals surface area contributed by atoms with Crippen molar-refractivity contribution in [3.63, 3.8) is 0 Å². The molecule has 1 atom stereocenters. The Morgan fingerprint density at radius 1 is 0.750 bits per heavy atom. The van der Waals surface area contributed by atoms with Crippen molar-refractivity contribution < 1.29 is 38.2 Å². The highest BCUT2D eigenvalue weighted by Crippen LogP contribution is 2.41. The highest BCUT2D eigenvalue weighted by Gasteiger charge is 2.21. The molecule has 64 heavy (non-hydrogen) atoms. The van der Waals surface area contributed by atoms with Gasteiger partial charge in [0.25, 0.3) is 5.69 Å². The number of hydrogen-bond donors (Lipinski definition) is 2. The summed E-state index contributed by atoms with van der Waals surface area (Å²) in [4.78, 5) is 38.5. The van der Waals surface area contributed by atoms with Crippen molar-refractivity contribution in [3.05, 3.63) is 76.8 Å². The third-order valence-electron chi connectivity index (χ3n) is 10.7. The number of methoxy groups -OCH3 is 2. The molecule has 4 aromatic rings. The number of anilines is 3. The predicted octanol–water partition coefficient (Wildman–Crippen LogP) is 12.8. The van der Waals surface area contributed by atoms with Gasteiger partial charge < -0.3 is 39.2 Å². The predicted molar refractivity (Wildman–Crippen MR) is 254 cm³/mol. The zero-order chi connectivity index (χ0) is 46.1. The number of carbonyl (C=O) groups is 2. The van der Waals surface area contributed by atoms with Crippen LogP contribution in [0.15, 0.2) is 77.0 Å². The number of nitrogens with zero attached hydrogens (tertiary/aromatic N) is 4. The van der Waals surface area contributed by atoms with Gasteiger partial charge in [0.15, 0.2) is 11.5 Å². The Morgan fingerprint density at radius 2 is 1.39 bits per heavy atom. The van der Waals surface area contributed by atoms with Gasteiger partial charge in [-0.05, 0) is 44.5 Å². The number of rotatable bonds is 31. The number of benzene rings is 4. The van der Waals surface area contributed by atoms with E-state index >= 15 is 0 Å². The number of ether oxygens (including phenoxy) is 5. The second-order valence-electron chi connectivity index (χ2n) is 15.6. The van der Waals surface area contributed by atoms with Crippen LogP contribution in [0.2, 0.25) is 0 Å². The first-order chi connectivity index (χ1) is 31.1. The van der Waals surface area contributed by atoms with Crippen molar-refractivity contribution in [1.82, 2.24) is 0 Å². The molecule has 0 aliphatic rings. The van der Waals surface area contributed by atoms with E-state index in [2.05, 4.69) is 32.7 Å². The van der Waals surface area contributed by atoms with Crippen LogP contribution in [0.4, 0.5) is 34.1 Å². The average molecular weight is 885 g/mol. The van der Waals surface area contributed by atoms with Crippen molar-refractivity contribution in [3.8, 4) is 17.2 Å². The molecule has 2 amide bonds. The SMILES string of the molecule is CCCCCCCCCCCCCCCC(=O)Nc1cc(OCCN(CC)c2ccc(N=Nc3ccc([N+](=O)[O-])cc3OC)c(NC(C)=O)c2)c2ccccc2c1OC(OC)OCC. The summed E-state index contributed by atoms with van der Waals surface area (Å²) < 4.78 is 29.2. The van der Waals surface area contributed by atoms with Crippen LogP contribution in [0, 0.1) is 10.1 Å². The number of nitro benzene ring substituents is 1. The number of nitro groups is 1. The summed E-state index contributed by atoms with van der Waals surface area (Å²) in [6.07, 6.45) is 16.4. The fourth-order valence-electron chi connectivity index (χ4n) is 7.36. The number of non-ortho nitro benzene ring substituents is 1. The summed E-state index contributed by atoms with van der Waals surface area (Å²) in [5.74, 6) is 0.773. The lowest BCUT2D eigenvalue weighted by Gasteiger charge is -2.25. The average Bonchev–Trinajstić information content (AvgIpc) is 3.29. The van der Waals surface area contributed by atoms with Gasteiger partial charge in [-0.25, -0.2) is 0 Å². The van der Waals surface area contributed by atoms with Crippen molar-refractivity contribution >= 4 is 56.7 Å². The second kappa shape index (κ2) is 28.1. The molecule has 4 aromatic carbocycles. The number of nitrogens with one attached hydrogen (secondary N) is 2. The van der Waals surface area contributed by atoms with Crippen molar-refractivity contribution in [2.24, 2.45) is 10.2 Å². The quantitative estimate of drug-likeness (QED) is 0.0163. The minimum atomic E-state index is -0.990. The standard InChI is InChI=1S/C49H68N6O9/c1-7-10-11-12-13-14-15-16-17-18-19-20-21-26-47(57)51-44-35-45(39-24-22-23-25-40(39)48(44)64-49(61-6)62-9-3)63-32-31-54(8-2)37-27-29-41(43(33-37)50-36(4)56)52-53-42-30-28-38(55(58)59)34-46(42)60-5/h22-25,27-30,33-35,49H,7-21,26,31-32H2,1-6H3,(H,50,56)(H,51,57). The van der Waals surface area contributed by atoms with E-state index in [0.29, 0.717) is 54.7 Å². The van der Waals surface area contributed by atoms with Gasteiger partial charge >= 0.3 is 6.48 Å². The van der Waals surface area contributed by atoms with Gasteiger partial charge in [0.05, 0.1) is 42.6 Å². The molecule has 0 aliphatic heterocycles. The summed E-state index contributed by atoms with van der Waals surface area (Å²) in [6.45, 7) is 8.27. The number of fused-ring (bicyclic) bond motifs is 1. The molecule has 0 spiro atoms. The monoisotopic (exact) mass is 885 g/mol. The van der Waals surface area contributed by atoms with E-state index < -0.39 is 11.4 Å². The molecule has 0 saturated heterocycles. The molecule has 0 aliphatic carbocycles. The molecule has 1 unspecified atom stereocenters. The zero-order valence-electron chi connectivity index (χ0n) is 38.6. The molecule has 0 radical (unpaired) electrons. The molecule has 0 fully saturated rings. The Labute approximate surface area is 378 Å². The van der Waals surface area contributed by atoms with Crippen LogP contribution < -0.4 is 29.7 Å². The molecule has 15 nitrogen and oxygen atoms in total. The first kappa shape index (κ1) is 50.8. The molecule has 0 saturated carbocycles. The molecule has 0 aromatic heterocycles. The van der Waals surface area contributed by atoms with Crippen LogP contribution in [0.25, 0.3) is 10.8 Å². The molecule has 0 bridgehead atoms. The molecular weight excluding hydrogens is 817 g/mol. The maximum atomic E-state index is 13.4. The van der Waals surface area contributed by atoms with Crippen molar-refractivity contribution in [2.45, 2.75) is 124 Å². The van der Waals surface area contributed by atoms with Crippen LogP contribution in [0.1, 0.15) is 118 Å². The number of amides is 2. The van der Waals surface area contributed by atoms with E-state index in [9.17, 15) is 19.7 Å². The Morgan fingerprint density at radius 3 is 2.00 bits per heavy atom. The lowest BCUT2D eigenvalue weighted by Crippen LogP contribution is -2.28. The smallest absolute Gasteiger partial charge is 0.315 e. The van der Waals surface area contributed by atoms with Crippen molar-refractivity contribution in [2.75, 3.05) is 56.1 Å². The number of carbonyl (C=O) groups excluding carboxylic acids is 2. The van der Waals surface area contributed by atoms with E-state index in [1.165, 1.54) is 104 Å². The van der Waals surface area contributed by atoms with Gasteiger partial charge in [-0.15, -0.1) is 10.2 Å². The Hall–Kier alpha value is -5.80. The fraction of sp³-hybridized carbons (Fsp3) is 0.510. The summed E-state index contributed by atoms with van der Waals surface area (Å²) in [5, 5.41) is 27.3. The topological polar surface area (TPSA) is 175 Å². The van der Waals surface area contributed by atoms with Crippen LogP contribution in [0.3, 0.4) is 0 Å². The van der Waals surface area contributed by atoms with Gasteiger partial charge in [0, 0.05) is 55.6 Å². The highest BCUT2D eigenvalue weighted by atomic mass is 16.8. The normalized spacial score (nSPS) is 11.7. The van der Waals surface area contributed by atoms with Gasteiger partial charge in [0.1, 0.15) is 23.7 Å². The zero-order valence-corrected chi connectivity index (χ0v) is 38.6. The van der Waals surface area contributed by atoms with E-state index in [-0.39, 0.29) is 35.5 Å². The minimum absolute atomic E-state index is 0.110. The molecular formula is C49H68N6O9. The van der Waals surface area contributed by atoms with E-state index in [1.807, 2.05) is 50.2 Å². The largest absolute Gasteiger partial charge is 0.494 e. The first-order valence-corrected chi connectivity index (χ1v) is 22.8. The number of azo groups is 1. The lowest BCUT2D eigenvalue weighted by molar-refractivity contribution is -0.384. The second-order valence-corrected chi connectivity index (χ2v) is 15.6. The Kier molecular flexibility index (Phi) is 22.3. The minimum Gasteiger partial charge on any atom is -0.494 e. The highest BCUT2D eigenvalue weighted by molar-refractivity contribution is 6.02. The fourth-order valence-corrected chi connectivity index (χ4v) is 7.36. The first-order valence-electron chi connectivity index (χ1n) is 22.8. The Bertz CT molecular complexity index is 2110. The number of unbranched alkanes of at least 4 members (excludes halogenated alkanes) is 12. The molecule has 15 heteroatoms. The Balaban J connectivity index is 1.45. The summed E-state index contributed by atoms with van der Waals surface area (Å²) >= 11 is 0. The van der Waals surface area contributed by atoms with Gasteiger partial charge in [-0.2, -0.15) is 0 Å².